The van der Waals surface area contributed by atoms with Gasteiger partial charge in [-0.05, 0) is 37.3 Å². The van der Waals surface area contributed by atoms with E-state index in [4.69, 9.17) is 0 Å². The Morgan fingerprint density at radius 3 is 2.52 bits per heavy atom. The van der Waals surface area contributed by atoms with Crippen LogP contribution < -0.4 is 0 Å². The van der Waals surface area contributed by atoms with E-state index in [-0.39, 0.29) is 11.7 Å². The summed E-state index contributed by atoms with van der Waals surface area (Å²) in [7, 11) is 0. The van der Waals surface area contributed by atoms with E-state index < -0.39 is 0 Å². The number of carbonyl (C=O) groups is 1. The van der Waals surface area contributed by atoms with Crippen LogP contribution in [0.1, 0.15) is 15.4 Å². The lowest BCUT2D eigenvalue weighted by molar-refractivity contribution is 0.0795. The summed E-state index contributed by atoms with van der Waals surface area (Å²) in [6.07, 6.45) is 3.39. The lowest BCUT2D eigenvalue weighted by Crippen LogP contribution is -2.30. The first kappa shape index (κ1) is 17.1. The molecule has 0 saturated heterocycles. The van der Waals surface area contributed by atoms with Gasteiger partial charge in [-0.1, -0.05) is 12.2 Å². The number of fused-ring (bicyclic) bond motifs is 1. The number of thiophene rings is 1. The van der Waals surface area contributed by atoms with Crippen LogP contribution in [0, 0.1) is 12.7 Å². The zero-order chi connectivity index (χ0) is 18.0. The fraction of sp³-hybridized carbons (Fsp3) is 0.158. The maximum atomic E-state index is 13.2. The maximum absolute atomic E-state index is 13.2. The molecule has 0 radical (unpaired) electrons. The van der Waals surface area contributed by atoms with Gasteiger partial charge in [0.1, 0.15) is 10.6 Å². The molecule has 0 aliphatic carbocycles. The average Bonchev–Trinajstić information content (AvgIpc) is 3.16. The number of hydrogen-bond donors (Lipinski definition) is 0. The SMILES string of the molecule is C=CCN(CC=C)C(=O)c1cc2c(C)nn(-c3ccc(F)cc3)c2s1. The molecular formula is C19H18FN3OS. The lowest BCUT2D eigenvalue weighted by atomic mass is 10.3. The van der Waals surface area contributed by atoms with Gasteiger partial charge in [0, 0.05) is 18.5 Å². The quantitative estimate of drug-likeness (QED) is 0.617. The monoisotopic (exact) mass is 355 g/mol. The molecule has 0 bridgehead atoms. The molecule has 0 N–H and O–H groups in total. The Bertz CT molecular complexity index is 930. The minimum atomic E-state index is -0.296. The first-order valence-electron chi connectivity index (χ1n) is 7.81. The molecule has 1 amide bonds. The lowest BCUT2D eigenvalue weighted by Gasteiger charge is -2.18. The van der Waals surface area contributed by atoms with Gasteiger partial charge in [-0.3, -0.25) is 4.79 Å². The van der Waals surface area contributed by atoms with Gasteiger partial charge in [-0.2, -0.15) is 5.10 Å². The largest absolute Gasteiger partial charge is 0.331 e. The topological polar surface area (TPSA) is 38.1 Å². The molecule has 0 unspecified atom stereocenters. The summed E-state index contributed by atoms with van der Waals surface area (Å²) in [5.41, 5.74) is 1.59. The van der Waals surface area contributed by atoms with Crippen LogP contribution in [-0.2, 0) is 0 Å². The zero-order valence-corrected chi connectivity index (χ0v) is 14.7. The normalized spacial score (nSPS) is 10.8. The average molecular weight is 355 g/mol. The van der Waals surface area contributed by atoms with Crippen molar-refractivity contribution in [2.45, 2.75) is 6.92 Å². The van der Waals surface area contributed by atoms with Crippen molar-refractivity contribution < 1.29 is 9.18 Å². The molecule has 0 fully saturated rings. The number of halogens is 1. The number of aryl methyl sites for hydroxylation is 1. The van der Waals surface area contributed by atoms with Crippen LogP contribution in [0.25, 0.3) is 15.9 Å². The number of amides is 1. The highest BCUT2D eigenvalue weighted by atomic mass is 32.1. The Labute approximate surface area is 149 Å². The molecule has 2 aromatic heterocycles. The van der Waals surface area contributed by atoms with Crippen LogP contribution >= 0.6 is 11.3 Å². The summed E-state index contributed by atoms with van der Waals surface area (Å²) in [4.78, 5) is 15.9. The van der Waals surface area contributed by atoms with Crippen LogP contribution in [0.2, 0.25) is 0 Å². The van der Waals surface area contributed by atoms with Crippen molar-refractivity contribution >= 4 is 27.5 Å². The van der Waals surface area contributed by atoms with Gasteiger partial charge in [0.2, 0.25) is 0 Å². The Morgan fingerprint density at radius 2 is 1.92 bits per heavy atom. The van der Waals surface area contributed by atoms with Gasteiger partial charge in [0.25, 0.3) is 5.91 Å². The first-order valence-corrected chi connectivity index (χ1v) is 8.63. The summed E-state index contributed by atoms with van der Waals surface area (Å²) in [6, 6.07) is 8.00. The Morgan fingerprint density at radius 1 is 1.28 bits per heavy atom. The molecule has 0 spiro atoms. The number of rotatable bonds is 6. The molecule has 128 valence electrons. The van der Waals surface area contributed by atoms with Crippen molar-refractivity contribution in [1.29, 1.82) is 0 Å². The van der Waals surface area contributed by atoms with Crippen LogP contribution in [0.3, 0.4) is 0 Å². The van der Waals surface area contributed by atoms with Crippen LogP contribution in [-0.4, -0.2) is 33.7 Å². The summed E-state index contributed by atoms with van der Waals surface area (Å²) in [5, 5.41) is 5.44. The van der Waals surface area contributed by atoms with E-state index in [1.165, 1.54) is 23.5 Å². The van der Waals surface area contributed by atoms with Gasteiger partial charge < -0.3 is 4.90 Å². The number of benzene rings is 1. The molecule has 6 heteroatoms. The highest BCUT2D eigenvalue weighted by Gasteiger charge is 2.20. The van der Waals surface area contributed by atoms with E-state index in [9.17, 15) is 9.18 Å². The minimum Gasteiger partial charge on any atom is -0.331 e. The predicted molar refractivity (Wildman–Crippen MR) is 99.9 cm³/mol. The van der Waals surface area contributed by atoms with Gasteiger partial charge >= 0.3 is 0 Å². The molecule has 2 heterocycles. The third kappa shape index (κ3) is 3.25. The number of aromatic nitrogens is 2. The van der Waals surface area contributed by atoms with Gasteiger partial charge in [-0.25, -0.2) is 9.07 Å². The van der Waals surface area contributed by atoms with Crippen LogP contribution in [0.5, 0.6) is 0 Å². The molecule has 3 aromatic rings. The molecule has 0 aliphatic rings. The van der Waals surface area contributed by atoms with E-state index in [0.717, 1.165) is 21.6 Å². The van der Waals surface area contributed by atoms with E-state index in [2.05, 4.69) is 18.3 Å². The molecule has 0 atom stereocenters. The molecule has 4 nitrogen and oxygen atoms in total. The second kappa shape index (κ2) is 7.03. The van der Waals surface area contributed by atoms with E-state index >= 15 is 0 Å². The molecule has 0 aliphatic heterocycles. The standard InChI is InChI=1S/C19H18FN3OS/c1-4-10-22(11-5-2)18(24)17-12-16-13(3)21-23(19(16)25-17)15-8-6-14(20)7-9-15/h4-9,12H,1-2,10-11H2,3H3. The smallest absolute Gasteiger partial charge is 0.264 e. The molecule has 25 heavy (non-hydrogen) atoms. The van der Waals surface area contributed by atoms with Crippen LogP contribution in [0.15, 0.2) is 55.6 Å². The maximum Gasteiger partial charge on any atom is 0.264 e. The minimum absolute atomic E-state index is 0.0638. The molecule has 3 rings (SSSR count). The molecular weight excluding hydrogens is 337 g/mol. The zero-order valence-electron chi connectivity index (χ0n) is 13.9. The van der Waals surface area contributed by atoms with Crippen LogP contribution in [0.4, 0.5) is 4.39 Å². The summed E-state index contributed by atoms with van der Waals surface area (Å²) >= 11 is 1.38. The summed E-state index contributed by atoms with van der Waals surface area (Å²) < 4.78 is 14.9. The van der Waals surface area contributed by atoms with Crippen molar-refractivity contribution in [3.8, 4) is 5.69 Å². The highest BCUT2D eigenvalue weighted by Crippen LogP contribution is 2.31. The predicted octanol–water partition coefficient (Wildman–Crippen LogP) is 4.35. The number of hydrogen-bond acceptors (Lipinski definition) is 3. The Balaban J connectivity index is 2.04. The Kier molecular flexibility index (Phi) is 4.81. The second-order valence-electron chi connectivity index (χ2n) is 5.59. The van der Waals surface area contributed by atoms with E-state index in [1.807, 2.05) is 13.0 Å². The Hall–Kier alpha value is -2.73. The van der Waals surface area contributed by atoms with Crippen molar-refractivity contribution in [3.63, 3.8) is 0 Å². The fourth-order valence-corrected chi connectivity index (χ4v) is 3.77. The van der Waals surface area contributed by atoms with E-state index in [1.54, 1.807) is 33.9 Å². The number of carbonyl (C=O) groups excluding carboxylic acids is 1. The third-order valence-corrected chi connectivity index (χ3v) is 4.91. The first-order chi connectivity index (χ1) is 12.0. The van der Waals surface area contributed by atoms with Gasteiger partial charge in [0.15, 0.2) is 0 Å². The highest BCUT2D eigenvalue weighted by molar-refractivity contribution is 7.20. The van der Waals surface area contributed by atoms with Crippen molar-refractivity contribution in [2.75, 3.05) is 13.1 Å². The molecule has 0 saturated carbocycles. The number of nitrogens with zero attached hydrogens (tertiary/aromatic N) is 3. The van der Waals surface area contributed by atoms with Crippen molar-refractivity contribution in [1.82, 2.24) is 14.7 Å². The summed E-state index contributed by atoms with van der Waals surface area (Å²) in [6.45, 7) is 10.2. The van der Waals surface area contributed by atoms with Gasteiger partial charge in [-0.15, -0.1) is 24.5 Å². The second-order valence-corrected chi connectivity index (χ2v) is 6.62. The third-order valence-electron chi connectivity index (χ3n) is 3.81. The van der Waals surface area contributed by atoms with Crippen molar-refractivity contribution in [3.05, 3.63) is 72.0 Å². The van der Waals surface area contributed by atoms with Crippen molar-refractivity contribution in [2.24, 2.45) is 0 Å². The van der Waals surface area contributed by atoms with Gasteiger partial charge in [0.05, 0.1) is 16.3 Å². The molecule has 1 aromatic carbocycles. The fourth-order valence-electron chi connectivity index (χ4n) is 2.62. The van der Waals surface area contributed by atoms with E-state index in [0.29, 0.717) is 18.0 Å². The summed E-state index contributed by atoms with van der Waals surface area (Å²) in [5.74, 6) is -0.360.